The van der Waals surface area contributed by atoms with Crippen molar-refractivity contribution >= 4 is 23.3 Å². The molecule has 0 saturated heterocycles. The third kappa shape index (κ3) is 5.47. The molecule has 1 aromatic rings. The van der Waals surface area contributed by atoms with E-state index in [0.717, 1.165) is 25.2 Å². The Morgan fingerprint density at radius 1 is 1.42 bits per heavy atom. The maximum atomic E-state index is 11.7. The quantitative estimate of drug-likeness (QED) is 0.612. The van der Waals surface area contributed by atoms with E-state index < -0.39 is 5.97 Å². The van der Waals surface area contributed by atoms with Crippen molar-refractivity contribution in [2.45, 2.75) is 39.5 Å². The summed E-state index contributed by atoms with van der Waals surface area (Å²) in [6.07, 6.45) is 5.73. The summed E-state index contributed by atoms with van der Waals surface area (Å²) in [6.45, 7) is 4.80. The number of rotatable bonds is 7. The Bertz CT molecular complexity index is 422. The van der Waals surface area contributed by atoms with E-state index in [1.54, 1.807) is 6.07 Å². The number of carbonyl (C=O) groups is 1. The van der Waals surface area contributed by atoms with Gasteiger partial charge in [-0.25, -0.2) is 9.78 Å². The first-order chi connectivity index (χ1) is 9.02. The highest BCUT2D eigenvalue weighted by Crippen LogP contribution is 2.21. The van der Waals surface area contributed by atoms with Gasteiger partial charge >= 0.3 is 5.97 Å². The second-order valence-electron chi connectivity index (χ2n) is 4.94. The van der Waals surface area contributed by atoms with Crippen LogP contribution in [0.5, 0.6) is 0 Å². The maximum Gasteiger partial charge on any atom is 0.358 e. The van der Waals surface area contributed by atoms with Crippen LogP contribution in [0.25, 0.3) is 0 Å². The van der Waals surface area contributed by atoms with E-state index in [0.29, 0.717) is 12.3 Å². The lowest BCUT2D eigenvalue weighted by molar-refractivity contribution is 0.0491. The fraction of sp³-hybridized carbons (Fsp3) is 0.571. The van der Waals surface area contributed by atoms with Gasteiger partial charge in [0.05, 0.1) is 17.3 Å². The first-order valence-electron chi connectivity index (χ1n) is 6.59. The fourth-order valence-electron chi connectivity index (χ4n) is 1.67. The fourth-order valence-corrected chi connectivity index (χ4v) is 1.85. The molecule has 0 saturated carbocycles. The number of nitrogens with zero attached hydrogens (tertiary/aromatic N) is 1. The Kier molecular flexibility index (Phi) is 6.64. The van der Waals surface area contributed by atoms with Gasteiger partial charge in [0, 0.05) is 6.20 Å². The Morgan fingerprint density at radius 3 is 2.84 bits per heavy atom. The average molecular weight is 285 g/mol. The van der Waals surface area contributed by atoms with Crippen LogP contribution in [0.4, 0.5) is 5.69 Å². The van der Waals surface area contributed by atoms with Crippen molar-refractivity contribution < 1.29 is 9.53 Å². The summed E-state index contributed by atoms with van der Waals surface area (Å²) in [4.78, 5) is 15.6. The summed E-state index contributed by atoms with van der Waals surface area (Å²) in [5.74, 6) is 0.207. The van der Waals surface area contributed by atoms with Gasteiger partial charge in [-0.3, -0.25) is 0 Å². The van der Waals surface area contributed by atoms with Crippen molar-refractivity contribution in [3.63, 3.8) is 0 Å². The third-order valence-corrected chi connectivity index (χ3v) is 3.17. The first-order valence-corrected chi connectivity index (χ1v) is 6.97. The van der Waals surface area contributed by atoms with Crippen LogP contribution in [0.1, 0.15) is 50.0 Å². The molecule has 2 N–H and O–H groups in total. The van der Waals surface area contributed by atoms with Crippen molar-refractivity contribution in [3.05, 3.63) is 23.0 Å². The second kappa shape index (κ2) is 8.00. The van der Waals surface area contributed by atoms with Gasteiger partial charge in [-0.2, -0.15) is 0 Å². The molecule has 0 bridgehead atoms. The minimum atomic E-state index is -0.513. The smallest absolute Gasteiger partial charge is 0.358 e. The zero-order valence-corrected chi connectivity index (χ0v) is 12.2. The van der Waals surface area contributed by atoms with E-state index >= 15 is 0 Å². The molecule has 1 rings (SSSR count). The van der Waals surface area contributed by atoms with Crippen molar-refractivity contribution in [1.29, 1.82) is 0 Å². The number of hydrogen-bond acceptors (Lipinski definition) is 4. The molecule has 0 spiro atoms. The highest BCUT2D eigenvalue weighted by atomic mass is 35.5. The molecule has 0 aromatic carbocycles. The molecule has 0 aliphatic rings. The number of aromatic nitrogens is 1. The SMILES string of the molecule is CC(C)CCCCCOC(=O)c1nccc(N)c1Cl. The molecule has 4 nitrogen and oxygen atoms in total. The van der Waals surface area contributed by atoms with Crippen LogP contribution in [0.15, 0.2) is 12.3 Å². The zero-order chi connectivity index (χ0) is 14.3. The molecule has 0 aliphatic carbocycles. The van der Waals surface area contributed by atoms with Gasteiger partial charge in [0.1, 0.15) is 0 Å². The third-order valence-electron chi connectivity index (χ3n) is 2.77. The standard InChI is InChI=1S/C14H21ClN2O2/c1-10(2)6-4-3-5-9-19-14(18)13-12(15)11(16)7-8-17-13/h7-8,10H,3-6,9H2,1-2H3,(H2,16,17). The van der Waals surface area contributed by atoms with Crippen molar-refractivity contribution in [2.75, 3.05) is 12.3 Å². The molecule has 0 fully saturated rings. The van der Waals surface area contributed by atoms with E-state index in [1.165, 1.54) is 12.6 Å². The van der Waals surface area contributed by atoms with Crippen LogP contribution >= 0.6 is 11.6 Å². The van der Waals surface area contributed by atoms with Crippen LogP contribution in [-0.4, -0.2) is 17.6 Å². The highest BCUT2D eigenvalue weighted by Gasteiger charge is 2.15. The van der Waals surface area contributed by atoms with E-state index in [9.17, 15) is 4.79 Å². The number of pyridine rings is 1. The monoisotopic (exact) mass is 284 g/mol. The Hall–Kier alpha value is -1.29. The number of nitrogen functional groups attached to an aromatic ring is 1. The molecule has 0 atom stereocenters. The molecule has 1 aromatic heterocycles. The number of hydrogen-bond donors (Lipinski definition) is 1. The predicted octanol–water partition coefficient (Wildman–Crippen LogP) is 3.69. The molecule has 0 unspecified atom stereocenters. The Labute approximate surface area is 119 Å². The van der Waals surface area contributed by atoms with Crippen LogP contribution in [0.2, 0.25) is 5.02 Å². The number of nitrogens with two attached hydrogens (primary N) is 1. The van der Waals surface area contributed by atoms with Crippen LogP contribution in [0.3, 0.4) is 0 Å². The van der Waals surface area contributed by atoms with Gasteiger partial charge in [-0.1, -0.05) is 44.7 Å². The van der Waals surface area contributed by atoms with Gasteiger partial charge in [-0.15, -0.1) is 0 Å². The van der Waals surface area contributed by atoms with Gasteiger partial charge < -0.3 is 10.5 Å². The number of halogens is 1. The molecule has 0 radical (unpaired) electrons. The topological polar surface area (TPSA) is 65.2 Å². The summed E-state index contributed by atoms with van der Waals surface area (Å²) in [5, 5.41) is 0.160. The van der Waals surface area contributed by atoms with Crippen LogP contribution in [0, 0.1) is 5.92 Å². The lowest BCUT2D eigenvalue weighted by atomic mass is 10.1. The van der Waals surface area contributed by atoms with E-state index in [-0.39, 0.29) is 10.7 Å². The Morgan fingerprint density at radius 2 is 2.16 bits per heavy atom. The van der Waals surface area contributed by atoms with E-state index in [4.69, 9.17) is 22.1 Å². The largest absolute Gasteiger partial charge is 0.461 e. The lowest BCUT2D eigenvalue weighted by Crippen LogP contribution is -2.10. The van der Waals surface area contributed by atoms with Crippen LogP contribution < -0.4 is 5.73 Å². The molecule has 5 heteroatoms. The number of ether oxygens (including phenoxy) is 1. The van der Waals surface area contributed by atoms with Gasteiger partial charge in [0.2, 0.25) is 0 Å². The van der Waals surface area contributed by atoms with Crippen molar-refractivity contribution in [1.82, 2.24) is 4.98 Å². The van der Waals surface area contributed by atoms with E-state index in [1.807, 2.05) is 0 Å². The average Bonchev–Trinajstić information content (AvgIpc) is 2.36. The number of unbranched alkanes of at least 4 members (excludes halogenated alkanes) is 2. The van der Waals surface area contributed by atoms with Crippen molar-refractivity contribution in [3.8, 4) is 0 Å². The summed E-state index contributed by atoms with van der Waals surface area (Å²) < 4.78 is 5.13. The predicted molar refractivity (Wildman–Crippen MR) is 77.2 cm³/mol. The van der Waals surface area contributed by atoms with Crippen molar-refractivity contribution in [2.24, 2.45) is 5.92 Å². The second-order valence-corrected chi connectivity index (χ2v) is 5.32. The number of esters is 1. The molecule has 19 heavy (non-hydrogen) atoms. The molecule has 1 heterocycles. The van der Waals surface area contributed by atoms with Gasteiger partial charge in [0.15, 0.2) is 5.69 Å². The van der Waals surface area contributed by atoms with E-state index in [2.05, 4.69) is 18.8 Å². The highest BCUT2D eigenvalue weighted by molar-refractivity contribution is 6.35. The minimum absolute atomic E-state index is 0.0869. The molecular weight excluding hydrogens is 264 g/mol. The summed E-state index contributed by atoms with van der Waals surface area (Å²) in [6, 6.07) is 1.55. The molecule has 0 amide bonds. The maximum absolute atomic E-state index is 11.7. The number of carbonyl (C=O) groups excluding carboxylic acids is 1. The van der Waals surface area contributed by atoms with Crippen LogP contribution in [-0.2, 0) is 4.74 Å². The molecule has 106 valence electrons. The Balaban J connectivity index is 2.30. The van der Waals surface area contributed by atoms with Gasteiger partial charge in [0.25, 0.3) is 0 Å². The zero-order valence-electron chi connectivity index (χ0n) is 11.5. The lowest BCUT2D eigenvalue weighted by Gasteiger charge is -2.07. The molecule has 0 aliphatic heterocycles. The minimum Gasteiger partial charge on any atom is -0.461 e. The van der Waals surface area contributed by atoms with Gasteiger partial charge in [-0.05, 0) is 18.4 Å². The normalized spacial score (nSPS) is 10.7. The number of anilines is 1. The summed E-state index contributed by atoms with van der Waals surface area (Å²) in [5.41, 5.74) is 6.02. The first kappa shape index (κ1) is 15.8. The summed E-state index contributed by atoms with van der Waals surface area (Å²) >= 11 is 5.90. The summed E-state index contributed by atoms with van der Waals surface area (Å²) in [7, 11) is 0. The molecular formula is C14H21ClN2O2.